The first kappa shape index (κ1) is 16.9. The first-order chi connectivity index (χ1) is 12.1. The average molecular weight is 337 g/mol. The smallest absolute Gasteiger partial charge is 0.244 e. The average Bonchev–Trinajstić information content (AvgIpc) is 2.95. The molecule has 0 aliphatic carbocycles. The van der Waals surface area contributed by atoms with Crippen LogP contribution >= 0.6 is 0 Å². The maximum absolute atomic E-state index is 14.0. The Balaban J connectivity index is 1.65. The summed E-state index contributed by atoms with van der Waals surface area (Å²) in [4.78, 5) is 19.2. The molecule has 0 unspecified atom stereocenters. The third-order valence-corrected chi connectivity index (χ3v) is 4.20. The molecule has 0 fully saturated rings. The monoisotopic (exact) mass is 337 g/mol. The van der Waals surface area contributed by atoms with Crippen LogP contribution in [0.5, 0.6) is 0 Å². The van der Waals surface area contributed by atoms with E-state index in [1.165, 1.54) is 12.1 Å². The van der Waals surface area contributed by atoms with Crippen molar-refractivity contribution in [3.63, 3.8) is 0 Å². The minimum atomic E-state index is -0.253. The molecule has 3 rings (SSSR count). The van der Waals surface area contributed by atoms with Crippen LogP contribution in [-0.4, -0.2) is 22.4 Å². The maximum atomic E-state index is 14.0. The Kier molecular flexibility index (Phi) is 4.93. The summed E-state index contributed by atoms with van der Waals surface area (Å²) >= 11 is 0. The Morgan fingerprint density at radius 3 is 2.88 bits per heavy atom. The van der Waals surface area contributed by atoms with Gasteiger partial charge in [-0.2, -0.15) is 0 Å². The van der Waals surface area contributed by atoms with Crippen molar-refractivity contribution in [2.75, 3.05) is 6.54 Å². The van der Waals surface area contributed by atoms with E-state index >= 15 is 0 Å². The Morgan fingerprint density at radius 2 is 2.12 bits per heavy atom. The summed E-state index contributed by atoms with van der Waals surface area (Å²) in [5.74, 6) is -0.427. The Bertz CT molecular complexity index is 929. The third-order valence-electron chi connectivity index (χ3n) is 4.20. The number of carbonyl (C=O) groups is 1. The summed E-state index contributed by atoms with van der Waals surface area (Å²) in [7, 11) is 0. The molecule has 1 aromatic carbocycles. The molecule has 128 valence electrons. The largest absolute Gasteiger partial charge is 0.356 e. The van der Waals surface area contributed by atoms with Gasteiger partial charge in [0.2, 0.25) is 5.91 Å². The standard InChI is InChI=1S/C20H20FN3O/c1-13-6-8-17(21)20-19(13)16(14(2)24-20)10-12-23-18(25)9-7-15-5-3-4-11-22-15/h3-9,11,24H,10,12H2,1-2H3,(H,23,25)/b9-7+. The molecule has 0 aliphatic rings. The number of nitrogens with one attached hydrogen (secondary N) is 2. The fourth-order valence-electron chi connectivity index (χ4n) is 2.96. The zero-order valence-electron chi connectivity index (χ0n) is 14.3. The Labute approximate surface area is 145 Å². The lowest BCUT2D eigenvalue weighted by atomic mass is 10.0. The number of amides is 1. The lowest BCUT2D eigenvalue weighted by molar-refractivity contribution is -0.116. The number of aryl methyl sites for hydroxylation is 2. The van der Waals surface area contributed by atoms with E-state index in [0.717, 1.165) is 27.9 Å². The number of halogens is 1. The minimum absolute atomic E-state index is 0.175. The van der Waals surface area contributed by atoms with Gasteiger partial charge in [-0.1, -0.05) is 12.1 Å². The lowest BCUT2D eigenvalue weighted by Gasteiger charge is -2.05. The number of nitrogens with zero attached hydrogens (tertiary/aromatic N) is 1. The van der Waals surface area contributed by atoms with Crippen LogP contribution in [-0.2, 0) is 11.2 Å². The molecular formula is C20H20FN3O. The summed E-state index contributed by atoms with van der Waals surface area (Å²) < 4.78 is 14.0. The van der Waals surface area contributed by atoms with Crippen molar-refractivity contribution in [2.45, 2.75) is 20.3 Å². The summed E-state index contributed by atoms with van der Waals surface area (Å²) in [6, 6.07) is 8.78. The predicted octanol–water partition coefficient (Wildman–Crippen LogP) is 3.69. The number of fused-ring (bicyclic) bond motifs is 1. The molecule has 2 heterocycles. The Morgan fingerprint density at radius 1 is 1.28 bits per heavy atom. The van der Waals surface area contributed by atoms with E-state index in [9.17, 15) is 9.18 Å². The van der Waals surface area contributed by atoms with Crippen LogP contribution in [0.25, 0.3) is 17.0 Å². The molecule has 0 radical (unpaired) electrons. The number of benzene rings is 1. The molecule has 0 spiro atoms. The number of H-pyrrole nitrogens is 1. The zero-order chi connectivity index (χ0) is 17.8. The van der Waals surface area contributed by atoms with Gasteiger partial charge in [-0.25, -0.2) is 4.39 Å². The lowest BCUT2D eigenvalue weighted by Crippen LogP contribution is -2.23. The highest BCUT2D eigenvalue weighted by molar-refractivity contribution is 5.91. The van der Waals surface area contributed by atoms with Crippen LogP contribution in [0.1, 0.15) is 22.5 Å². The second-order valence-corrected chi connectivity index (χ2v) is 5.97. The van der Waals surface area contributed by atoms with E-state index in [1.807, 2.05) is 32.0 Å². The quantitative estimate of drug-likeness (QED) is 0.698. The molecule has 0 atom stereocenters. The summed E-state index contributed by atoms with van der Waals surface area (Å²) in [6.45, 7) is 4.37. The molecule has 2 aromatic heterocycles. The second-order valence-electron chi connectivity index (χ2n) is 5.97. The fraction of sp³-hybridized carbons (Fsp3) is 0.200. The molecule has 2 N–H and O–H groups in total. The van der Waals surface area contributed by atoms with Crippen LogP contribution < -0.4 is 5.32 Å². The van der Waals surface area contributed by atoms with Crippen molar-refractivity contribution in [3.05, 3.63) is 70.9 Å². The van der Waals surface area contributed by atoms with Gasteiger partial charge >= 0.3 is 0 Å². The minimum Gasteiger partial charge on any atom is -0.356 e. The second kappa shape index (κ2) is 7.30. The number of aromatic amines is 1. The molecule has 0 saturated heterocycles. The first-order valence-corrected chi connectivity index (χ1v) is 8.19. The van der Waals surface area contributed by atoms with Crippen molar-refractivity contribution in [2.24, 2.45) is 0 Å². The van der Waals surface area contributed by atoms with Gasteiger partial charge in [-0.15, -0.1) is 0 Å². The highest BCUT2D eigenvalue weighted by atomic mass is 19.1. The van der Waals surface area contributed by atoms with E-state index in [-0.39, 0.29) is 11.7 Å². The summed E-state index contributed by atoms with van der Waals surface area (Å²) in [5.41, 5.74) is 4.27. The maximum Gasteiger partial charge on any atom is 0.244 e. The van der Waals surface area contributed by atoms with Crippen LogP contribution in [0.15, 0.2) is 42.6 Å². The summed E-state index contributed by atoms with van der Waals surface area (Å²) in [6.07, 6.45) is 5.46. The zero-order valence-corrected chi connectivity index (χ0v) is 14.3. The fourth-order valence-corrected chi connectivity index (χ4v) is 2.96. The van der Waals surface area contributed by atoms with Gasteiger partial charge in [0.15, 0.2) is 0 Å². The third kappa shape index (κ3) is 3.76. The van der Waals surface area contributed by atoms with Crippen molar-refractivity contribution in [1.82, 2.24) is 15.3 Å². The van der Waals surface area contributed by atoms with E-state index in [1.54, 1.807) is 18.3 Å². The number of carbonyl (C=O) groups excluding carboxylic acids is 1. The molecule has 0 bridgehead atoms. The van der Waals surface area contributed by atoms with Crippen molar-refractivity contribution in [1.29, 1.82) is 0 Å². The normalized spacial score (nSPS) is 11.3. The van der Waals surface area contributed by atoms with Crippen LogP contribution in [0.4, 0.5) is 4.39 Å². The van der Waals surface area contributed by atoms with E-state index < -0.39 is 0 Å². The van der Waals surface area contributed by atoms with E-state index in [4.69, 9.17) is 0 Å². The van der Waals surface area contributed by atoms with Crippen LogP contribution in [0.2, 0.25) is 0 Å². The van der Waals surface area contributed by atoms with Gasteiger partial charge < -0.3 is 10.3 Å². The first-order valence-electron chi connectivity index (χ1n) is 8.19. The summed E-state index contributed by atoms with van der Waals surface area (Å²) in [5, 5.41) is 3.77. The number of hydrogen-bond donors (Lipinski definition) is 2. The number of hydrogen-bond acceptors (Lipinski definition) is 2. The molecule has 3 aromatic rings. The van der Waals surface area contributed by atoms with Crippen molar-refractivity contribution < 1.29 is 9.18 Å². The van der Waals surface area contributed by atoms with E-state index in [2.05, 4.69) is 15.3 Å². The van der Waals surface area contributed by atoms with Gasteiger partial charge in [-0.05, 0) is 55.7 Å². The Hall–Kier alpha value is -2.95. The highest BCUT2D eigenvalue weighted by Gasteiger charge is 2.13. The molecule has 25 heavy (non-hydrogen) atoms. The number of rotatable bonds is 5. The molecular weight excluding hydrogens is 317 g/mol. The van der Waals surface area contributed by atoms with Gasteiger partial charge in [0, 0.05) is 29.9 Å². The number of pyridine rings is 1. The van der Waals surface area contributed by atoms with Gasteiger partial charge in [0.1, 0.15) is 5.82 Å². The SMILES string of the molecule is Cc1[nH]c2c(F)ccc(C)c2c1CCNC(=O)/C=C/c1ccccn1. The topological polar surface area (TPSA) is 57.8 Å². The van der Waals surface area contributed by atoms with Gasteiger partial charge in [0.05, 0.1) is 11.2 Å². The van der Waals surface area contributed by atoms with Gasteiger partial charge in [0.25, 0.3) is 0 Å². The van der Waals surface area contributed by atoms with Crippen LogP contribution in [0, 0.1) is 19.7 Å². The predicted molar refractivity (Wildman–Crippen MR) is 97.7 cm³/mol. The molecule has 1 amide bonds. The molecule has 0 aliphatic heterocycles. The highest BCUT2D eigenvalue weighted by Crippen LogP contribution is 2.27. The molecule has 0 saturated carbocycles. The van der Waals surface area contributed by atoms with Crippen LogP contribution in [0.3, 0.4) is 0 Å². The van der Waals surface area contributed by atoms with Crippen molar-refractivity contribution in [3.8, 4) is 0 Å². The van der Waals surface area contributed by atoms with Gasteiger partial charge in [-0.3, -0.25) is 9.78 Å². The molecule has 4 nitrogen and oxygen atoms in total. The molecule has 5 heteroatoms. The van der Waals surface area contributed by atoms with Crippen molar-refractivity contribution >= 4 is 22.9 Å². The number of aromatic nitrogens is 2. The van der Waals surface area contributed by atoms with E-state index in [0.29, 0.717) is 18.5 Å².